The van der Waals surface area contributed by atoms with Crippen molar-refractivity contribution in [3.63, 3.8) is 0 Å². The molecule has 0 saturated carbocycles. The Morgan fingerprint density at radius 2 is 0.800 bits per heavy atom. The van der Waals surface area contributed by atoms with Gasteiger partial charge in [0.1, 0.15) is 0 Å². The molecule has 212 valence electrons. The van der Waals surface area contributed by atoms with Crippen LogP contribution in [0, 0.1) is 20.8 Å². The first kappa shape index (κ1) is 26.1. The van der Waals surface area contributed by atoms with Crippen LogP contribution in [0.5, 0.6) is 0 Å². The summed E-state index contributed by atoms with van der Waals surface area (Å²) in [6.45, 7) is 6.89. The third-order valence-corrected chi connectivity index (χ3v) is 9.85. The van der Waals surface area contributed by atoms with Gasteiger partial charge in [-0.1, -0.05) is 113 Å². The zero-order valence-electron chi connectivity index (χ0n) is 25.8. The molecule has 0 amide bonds. The summed E-state index contributed by atoms with van der Waals surface area (Å²) in [4.78, 5) is 2.50. The van der Waals surface area contributed by atoms with Crippen molar-refractivity contribution in [2.24, 2.45) is 0 Å². The van der Waals surface area contributed by atoms with E-state index < -0.39 is 0 Å². The molecule has 9 rings (SSSR count). The second-order valence-corrected chi connectivity index (χ2v) is 12.8. The molecule has 8 aromatic rings. The molecule has 0 radical (unpaired) electrons. The zero-order valence-corrected chi connectivity index (χ0v) is 25.8. The largest absolute Gasteiger partial charge is 0.311 e. The molecular formula is C43H32BN. The molecule has 0 spiro atoms. The van der Waals surface area contributed by atoms with Crippen molar-refractivity contribution in [2.75, 3.05) is 4.90 Å². The van der Waals surface area contributed by atoms with Gasteiger partial charge in [-0.15, -0.1) is 0 Å². The first-order valence-electron chi connectivity index (χ1n) is 15.9. The van der Waals surface area contributed by atoms with E-state index in [-0.39, 0.29) is 6.71 Å². The molecule has 0 atom stereocenters. The second kappa shape index (κ2) is 9.84. The monoisotopic (exact) mass is 573 g/mol. The van der Waals surface area contributed by atoms with Crippen LogP contribution in [0.3, 0.4) is 0 Å². The molecule has 1 heterocycles. The molecule has 8 aromatic carbocycles. The average molecular weight is 574 g/mol. The van der Waals surface area contributed by atoms with E-state index in [2.05, 4.69) is 165 Å². The van der Waals surface area contributed by atoms with Gasteiger partial charge >= 0.3 is 0 Å². The molecule has 45 heavy (non-hydrogen) atoms. The summed E-state index contributed by atoms with van der Waals surface area (Å²) in [5.41, 5.74) is 11.8. The molecule has 1 nitrogen and oxygen atoms in total. The predicted molar refractivity (Wildman–Crippen MR) is 196 cm³/mol. The molecule has 2 heteroatoms. The molecule has 0 fully saturated rings. The highest BCUT2D eigenvalue weighted by Gasteiger charge is 2.37. The van der Waals surface area contributed by atoms with Crippen LogP contribution in [0.1, 0.15) is 16.7 Å². The molecule has 1 aliphatic rings. The fourth-order valence-corrected chi connectivity index (χ4v) is 7.96. The summed E-state index contributed by atoms with van der Waals surface area (Å²) in [5, 5.41) is 10.2. The highest BCUT2D eigenvalue weighted by Crippen LogP contribution is 2.40. The number of anilines is 3. The van der Waals surface area contributed by atoms with Crippen LogP contribution < -0.4 is 21.3 Å². The number of benzene rings is 8. The van der Waals surface area contributed by atoms with E-state index in [1.54, 1.807) is 0 Å². The third kappa shape index (κ3) is 4.09. The first-order chi connectivity index (χ1) is 22.0. The maximum absolute atomic E-state index is 2.50. The van der Waals surface area contributed by atoms with Crippen LogP contribution in [-0.2, 0) is 0 Å². The summed E-state index contributed by atoms with van der Waals surface area (Å²) >= 11 is 0. The number of hydrogen-bond donors (Lipinski definition) is 0. The first-order valence-corrected chi connectivity index (χ1v) is 15.9. The van der Waals surface area contributed by atoms with E-state index in [1.165, 1.54) is 93.2 Å². The van der Waals surface area contributed by atoms with E-state index in [0.29, 0.717) is 0 Å². The summed E-state index contributed by atoms with van der Waals surface area (Å²) < 4.78 is 0. The van der Waals surface area contributed by atoms with Crippen molar-refractivity contribution in [3.8, 4) is 0 Å². The maximum Gasteiger partial charge on any atom is 0.247 e. The van der Waals surface area contributed by atoms with Gasteiger partial charge in [-0.3, -0.25) is 0 Å². The Morgan fingerprint density at radius 1 is 0.400 bits per heavy atom. The summed E-state index contributed by atoms with van der Waals surface area (Å²) in [5.74, 6) is 0. The van der Waals surface area contributed by atoms with Gasteiger partial charge in [-0.25, -0.2) is 0 Å². The predicted octanol–water partition coefficient (Wildman–Crippen LogP) is 9.52. The highest BCUT2D eigenvalue weighted by molar-refractivity contribution is 6.98. The van der Waals surface area contributed by atoms with Gasteiger partial charge in [0.05, 0.1) is 0 Å². The third-order valence-electron chi connectivity index (χ3n) is 9.85. The van der Waals surface area contributed by atoms with Crippen molar-refractivity contribution in [3.05, 3.63) is 156 Å². The Bertz CT molecular complexity index is 2330. The Hall–Kier alpha value is -5.34. The van der Waals surface area contributed by atoms with Crippen LogP contribution in [-0.4, -0.2) is 6.71 Å². The number of rotatable bonds is 2. The lowest BCUT2D eigenvalue weighted by Gasteiger charge is -2.38. The van der Waals surface area contributed by atoms with Crippen LogP contribution in [0.15, 0.2) is 140 Å². The van der Waals surface area contributed by atoms with Crippen LogP contribution in [0.4, 0.5) is 17.1 Å². The fourth-order valence-electron chi connectivity index (χ4n) is 7.96. The minimum Gasteiger partial charge on any atom is -0.311 e. The lowest BCUT2D eigenvalue weighted by molar-refractivity contribution is 1.30. The van der Waals surface area contributed by atoms with Crippen LogP contribution in [0.2, 0.25) is 0 Å². The number of hydrogen-bond acceptors (Lipinski definition) is 1. The molecule has 1 aliphatic heterocycles. The zero-order chi connectivity index (χ0) is 30.2. The molecule has 0 aromatic heterocycles. The topological polar surface area (TPSA) is 3.24 Å². The van der Waals surface area contributed by atoms with Crippen molar-refractivity contribution in [2.45, 2.75) is 20.8 Å². The van der Waals surface area contributed by atoms with Gasteiger partial charge in [0.15, 0.2) is 0 Å². The van der Waals surface area contributed by atoms with Crippen molar-refractivity contribution < 1.29 is 0 Å². The molecule has 0 unspecified atom stereocenters. The fraction of sp³-hybridized carbons (Fsp3) is 0.0698. The van der Waals surface area contributed by atoms with Gasteiger partial charge in [0, 0.05) is 17.1 Å². The minimum atomic E-state index is 0.0994. The standard InChI is InChI=1S/C43H32BN/c1-27-17-28(2)43(29(3)18-27)44-39-23-34-19-30-11-7-9-13-32(30)21-36(34)25-41(39)45(38-15-5-4-6-16-38)42-26-37-22-33-14-10-8-12-31(33)20-35(37)24-40(42)44/h4-26H,1-3H3. The van der Waals surface area contributed by atoms with Gasteiger partial charge in [0.2, 0.25) is 6.71 Å². The molecule has 0 N–H and O–H groups in total. The highest BCUT2D eigenvalue weighted by atomic mass is 15.1. The van der Waals surface area contributed by atoms with Gasteiger partial charge in [0.25, 0.3) is 0 Å². The van der Waals surface area contributed by atoms with Crippen molar-refractivity contribution >= 4 is 83.3 Å². The van der Waals surface area contributed by atoms with Crippen LogP contribution in [0.25, 0.3) is 43.1 Å². The lowest BCUT2D eigenvalue weighted by Crippen LogP contribution is -2.58. The van der Waals surface area contributed by atoms with E-state index >= 15 is 0 Å². The number of para-hydroxylation sites is 1. The summed E-state index contributed by atoms with van der Waals surface area (Å²) in [6.07, 6.45) is 0. The van der Waals surface area contributed by atoms with Crippen molar-refractivity contribution in [1.82, 2.24) is 0 Å². The van der Waals surface area contributed by atoms with E-state index in [1.807, 2.05) is 0 Å². The Morgan fingerprint density at radius 3 is 1.24 bits per heavy atom. The van der Waals surface area contributed by atoms with Crippen LogP contribution >= 0.6 is 0 Å². The van der Waals surface area contributed by atoms with Gasteiger partial charge in [-0.2, -0.15) is 0 Å². The number of aryl methyl sites for hydroxylation is 3. The van der Waals surface area contributed by atoms with Gasteiger partial charge in [-0.05, 0) is 123 Å². The Kier molecular flexibility index (Phi) is 5.71. The molecule has 0 bridgehead atoms. The van der Waals surface area contributed by atoms with E-state index in [0.717, 1.165) is 0 Å². The normalized spacial score (nSPS) is 12.7. The number of fused-ring (bicyclic) bond motifs is 6. The Labute approximate surface area is 264 Å². The minimum absolute atomic E-state index is 0.0994. The smallest absolute Gasteiger partial charge is 0.247 e. The average Bonchev–Trinajstić information content (AvgIpc) is 3.04. The molecular weight excluding hydrogens is 541 g/mol. The van der Waals surface area contributed by atoms with Gasteiger partial charge < -0.3 is 4.90 Å². The molecule has 0 aliphatic carbocycles. The Balaban J connectivity index is 1.43. The van der Waals surface area contributed by atoms with E-state index in [4.69, 9.17) is 0 Å². The summed E-state index contributed by atoms with van der Waals surface area (Å²) in [7, 11) is 0. The molecule has 0 saturated heterocycles. The van der Waals surface area contributed by atoms with E-state index in [9.17, 15) is 0 Å². The quantitative estimate of drug-likeness (QED) is 0.147. The SMILES string of the molecule is Cc1cc(C)c(B2c3cc4cc5ccccc5cc4cc3N(c3ccccc3)c3cc4cc5ccccc5cc4cc32)c(C)c1. The number of nitrogens with zero attached hydrogens (tertiary/aromatic N) is 1. The summed E-state index contributed by atoms with van der Waals surface area (Å²) in [6, 6.07) is 52.3. The lowest BCUT2D eigenvalue weighted by atomic mass is 9.33. The van der Waals surface area contributed by atoms with Crippen molar-refractivity contribution in [1.29, 1.82) is 0 Å². The second-order valence-electron chi connectivity index (χ2n) is 12.8. The maximum atomic E-state index is 2.50.